The molecule has 1 aliphatic rings. The SMILES string of the molecule is CC(C)CC1CN=C(CC(C)N)O1. The van der Waals surface area contributed by atoms with Crippen LogP contribution in [0.2, 0.25) is 0 Å². The van der Waals surface area contributed by atoms with Gasteiger partial charge in [-0.2, -0.15) is 0 Å². The smallest absolute Gasteiger partial charge is 0.185 e. The highest BCUT2D eigenvalue weighted by Gasteiger charge is 2.20. The van der Waals surface area contributed by atoms with Crippen LogP contribution in [0.3, 0.4) is 0 Å². The third kappa shape index (κ3) is 3.77. The lowest BCUT2D eigenvalue weighted by atomic mass is 10.1. The summed E-state index contributed by atoms with van der Waals surface area (Å²) < 4.78 is 5.65. The first-order valence-electron chi connectivity index (χ1n) is 5.03. The monoisotopic (exact) mass is 184 g/mol. The van der Waals surface area contributed by atoms with E-state index in [0.717, 1.165) is 25.3 Å². The second kappa shape index (κ2) is 4.61. The van der Waals surface area contributed by atoms with Gasteiger partial charge in [0.1, 0.15) is 6.10 Å². The molecule has 0 radical (unpaired) electrons. The van der Waals surface area contributed by atoms with Crippen LogP contribution >= 0.6 is 0 Å². The van der Waals surface area contributed by atoms with Gasteiger partial charge in [0, 0.05) is 12.5 Å². The van der Waals surface area contributed by atoms with Gasteiger partial charge in [-0.25, -0.2) is 0 Å². The van der Waals surface area contributed by atoms with E-state index >= 15 is 0 Å². The van der Waals surface area contributed by atoms with Gasteiger partial charge in [-0.1, -0.05) is 13.8 Å². The van der Waals surface area contributed by atoms with E-state index in [4.69, 9.17) is 10.5 Å². The van der Waals surface area contributed by atoms with Crippen LogP contribution in [0.1, 0.15) is 33.6 Å². The lowest BCUT2D eigenvalue weighted by molar-refractivity contribution is 0.189. The minimum atomic E-state index is 0.150. The van der Waals surface area contributed by atoms with Crippen LogP contribution < -0.4 is 5.73 Å². The Kier molecular flexibility index (Phi) is 3.72. The Hall–Kier alpha value is -0.570. The van der Waals surface area contributed by atoms with E-state index in [2.05, 4.69) is 18.8 Å². The zero-order valence-corrected chi connectivity index (χ0v) is 8.79. The fourth-order valence-corrected chi connectivity index (χ4v) is 1.51. The third-order valence-electron chi connectivity index (χ3n) is 2.00. The normalized spacial score (nSPS) is 24.4. The lowest BCUT2D eigenvalue weighted by Gasteiger charge is -2.13. The molecule has 0 amide bonds. The molecule has 0 bridgehead atoms. The minimum Gasteiger partial charge on any atom is -0.476 e. The Labute approximate surface area is 80.4 Å². The Morgan fingerprint density at radius 3 is 2.77 bits per heavy atom. The molecule has 0 aromatic rings. The molecule has 0 spiro atoms. The van der Waals surface area contributed by atoms with Crippen molar-refractivity contribution in [3.63, 3.8) is 0 Å². The van der Waals surface area contributed by atoms with Crippen molar-refractivity contribution in [3.05, 3.63) is 0 Å². The molecule has 3 nitrogen and oxygen atoms in total. The predicted molar refractivity (Wildman–Crippen MR) is 54.9 cm³/mol. The van der Waals surface area contributed by atoms with Gasteiger partial charge in [0.15, 0.2) is 5.90 Å². The molecule has 2 atom stereocenters. The van der Waals surface area contributed by atoms with Crippen LogP contribution in [0.4, 0.5) is 0 Å². The topological polar surface area (TPSA) is 47.6 Å². The fourth-order valence-electron chi connectivity index (χ4n) is 1.51. The fraction of sp³-hybridized carbons (Fsp3) is 0.900. The summed E-state index contributed by atoms with van der Waals surface area (Å²) >= 11 is 0. The maximum Gasteiger partial charge on any atom is 0.185 e. The van der Waals surface area contributed by atoms with Crippen LogP contribution in [0.15, 0.2) is 4.99 Å². The number of nitrogens with zero attached hydrogens (tertiary/aromatic N) is 1. The molecular weight excluding hydrogens is 164 g/mol. The van der Waals surface area contributed by atoms with Crippen molar-refractivity contribution in [1.29, 1.82) is 0 Å². The van der Waals surface area contributed by atoms with Crippen molar-refractivity contribution in [1.82, 2.24) is 0 Å². The lowest BCUT2D eigenvalue weighted by Crippen LogP contribution is -2.22. The first-order valence-corrected chi connectivity index (χ1v) is 5.03. The largest absolute Gasteiger partial charge is 0.476 e. The van der Waals surface area contributed by atoms with Crippen LogP contribution in [0.5, 0.6) is 0 Å². The molecule has 2 N–H and O–H groups in total. The average molecular weight is 184 g/mol. The number of aliphatic imine (C=N–C) groups is 1. The van der Waals surface area contributed by atoms with Crippen molar-refractivity contribution in [2.45, 2.75) is 45.8 Å². The van der Waals surface area contributed by atoms with Crippen molar-refractivity contribution in [2.24, 2.45) is 16.6 Å². The van der Waals surface area contributed by atoms with E-state index in [9.17, 15) is 0 Å². The molecule has 2 unspecified atom stereocenters. The summed E-state index contributed by atoms with van der Waals surface area (Å²) in [4.78, 5) is 4.32. The van der Waals surface area contributed by atoms with Crippen LogP contribution in [-0.2, 0) is 4.74 Å². The Morgan fingerprint density at radius 2 is 2.23 bits per heavy atom. The number of ether oxygens (including phenoxy) is 1. The Balaban J connectivity index is 2.25. The molecule has 0 aliphatic carbocycles. The molecule has 13 heavy (non-hydrogen) atoms. The van der Waals surface area contributed by atoms with Gasteiger partial charge in [0.25, 0.3) is 0 Å². The minimum absolute atomic E-state index is 0.150. The van der Waals surface area contributed by atoms with E-state index in [1.165, 1.54) is 0 Å². The summed E-state index contributed by atoms with van der Waals surface area (Å²) in [6, 6.07) is 0.150. The number of rotatable bonds is 4. The van der Waals surface area contributed by atoms with Gasteiger partial charge in [0.2, 0.25) is 0 Å². The van der Waals surface area contributed by atoms with E-state index in [1.807, 2.05) is 6.92 Å². The van der Waals surface area contributed by atoms with Crippen LogP contribution in [0, 0.1) is 5.92 Å². The molecule has 0 aromatic carbocycles. The van der Waals surface area contributed by atoms with Crippen molar-refractivity contribution in [2.75, 3.05) is 6.54 Å². The molecule has 3 heteroatoms. The molecular formula is C10H20N2O. The molecule has 0 saturated heterocycles. The Morgan fingerprint density at radius 1 is 1.54 bits per heavy atom. The summed E-state index contributed by atoms with van der Waals surface area (Å²) in [5.41, 5.74) is 5.66. The average Bonchev–Trinajstić information content (AvgIpc) is 2.33. The number of hydrogen-bond donors (Lipinski definition) is 1. The van der Waals surface area contributed by atoms with Crippen LogP contribution in [0.25, 0.3) is 0 Å². The highest BCUT2D eigenvalue weighted by Crippen LogP contribution is 2.15. The van der Waals surface area contributed by atoms with E-state index in [0.29, 0.717) is 12.0 Å². The summed E-state index contributed by atoms with van der Waals surface area (Å²) in [5, 5.41) is 0. The maximum atomic E-state index is 5.66. The molecule has 0 aromatic heterocycles. The standard InChI is InChI=1S/C10H20N2O/c1-7(2)4-9-6-12-10(13-9)5-8(3)11/h7-9H,4-6,11H2,1-3H3. The number of nitrogens with two attached hydrogens (primary N) is 1. The quantitative estimate of drug-likeness (QED) is 0.721. The van der Waals surface area contributed by atoms with Gasteiger partial charge in [-0.05, 0) is 19.3 Å². The van der Waals surface area contributed by atoms with Gasteiger partial charge in [0.05, 0.1) is 6.54 Å². The van der Waals surface area contributed by atoms with Gasteiger partial charge in [-0.3, -0.25) is 4.99 Å². The maximum absolute atomic E-state index is 5.66. The van der Waals surface area contributed by atoms with Gasteiger partial charge in [-0.15, -0.1) is 0 Å². The molecule has 0 saturated carbocycles. The van der Waals surface area contributed by atoms with Crippen LogP contribution in [-0.4, -0.2) is 24.6 Å². The van der Waals surface area contributed by atoms with Gasteiger partial charge < -0.3 is 10.5 Å². The van der Waals surface area contributed by atoms with E-state index in [1.54, 1.807) is 0 Å². The third-order valence-corrected chi connectivity index (χ3v) is 2.00. The highest BCUT2D eigenvalue weighted by atomic mass is 16.5. The molecule has 1 rings (SSSR count). The van der Waals surface area contributed by atoms with Gasteiger partial charge >= 0.3 is 0 Å². The molecule has 0 fully saturated rings. The second-order valence-electron chi connectivity index (χ2n) is 4.29. The summed E-state index contributed by atoms with van der Waals surface area (Å²) in [6.07, 6.45) is 2.16. The molecule has 1 heterocycles. The Bertz CT molecular complexity index is 187. The van der Waals surface area contributed by atoms with Crippen molar-refractivity contribution in [3.8, 4) is 0 Å². The van der Waals surface area contributed by atoms with Crippen molar-refractivity contribution < 1.29 is 4.74 Å². The first kappa shape index (κ1) is 10.5. The van der Waals surface area contributed by atoms with Crippen molar-refractivity contribution >= 4 is 5.90 Å². The summed E-state index contributed by atoms with van der Waals surface area (Å²) in [5.74, 6) is 1.52. The predicted octanol–water partition coefficient (Wildman–Crippen LogP) is 1.57. The first-order chi connectivity index (χ1) is 6.08. The zero-order valence-electron chi connectivity index (χ0n) is 8.79. The summed E-state index contributed by atoms with van der Waals surface area (Å²) in [6.45, 7) is 7.20. The second-order valence-corrected chi connectivity index (χ2v) is 4.29. The highest BCUT2D eigenvalue weighted by molar-refractivity contribution is 5.78. The molecule has 76 valence electrons. The molecule has 1 aliphatic heterocycles. The van der Waals surface area contributed by atoms with E-state index in [-0.39, 0.29) is 6.04 Å². The number of hydrogen-bond acceptors (Lipinski definition) is 3. The summed E-state index contributed by atoms with van der Waals surface area (Å²) in [7, 11) is 0. The van der Waals surface area contributed by atoms with E-state index < -0.39 is 0 Å². The zero-order chi connectivity index (χ0) is 9.84.